The number of rotatable bonds is 17. The maximum atomic E-state index is 11.6. The third-order valence-corrected chi connectivity index (χ3v) is 4.54. The lowest BCUT2D eigenvalue weighted by molar-refractivity contribution is -0.161. The molecule has 0 saturated heterocycles. The van der Waals surface area contributed by atoms with Crippen molar-refractivity contribution in [1.29, 1.82) is 0 Å². The highest BCUT2D eigenvalue weighted by molar-refractivity contribution is 5.90. The molecular weight excluding hydrogens is 506 g/mol. The minimum absolute atomic E-state index is 0.0234. The molecule has 0 saturated carbocycles. The van der Waals surface area contributed by atoms with Gasteiger partial charge >= 0.3 is 23.9 Å². The number of hydrogen-bond acceptors (Lipinski definition) is 13. The van der Waals surface area contributed by atoms with Crippen molar-refractivity contribution in [2.75, 3.05) is 26.2 Å². The molecule has 224 valence electrons. The first-order valence-electron chi connectivity index (χ1n) is 12.0. The van der Waals surface area contributed by atoms with Crippen LogP contribution in [0.4, 0.5) is 0 Å². The Hall–Kier alpha value is -2.93. The first-order valence-corrected chi connectivity index (χ1v) is 12.0. The Labute approximate surface area is 222 Å². The molecule has 0 aliphatic rings. The van der Waals surface area contributed by atoms with Crippen LogP contribution in [0.5, 0.6) is 0 Å². The highest BCUT2D eigenvalue weighted by atomic mass is 16.6. The first-order chi connectivity index (χ1) is 17.7. The number of carboxylic acid groups (broad SMARTS) is 2. The number of ether oxygens (including phenoxy) is 1. The van der Waals surface area contributed by atoms with Crippen molar-refractivity contribution in [3.63, 3.8) is 0 Å². The number of carboxylic acids is 2. The zero-order valence-electron chi connectivity index (χ0n) is 21.7. The van der Waals surface area contributed by atoms with Gasteiger partial charge in [-0.15, -0.1) is 0 Å². The molecule has 17 nitrogen and oxygen atoms in total. The van der Waals surface area contributed by atoms with E-state index in [2.05, 4.69) is 9.73 Å². The van der Waals surface area contributed by atoms with Crippen molar-refractivity contribution in [2.24, 2.45) is 50.9 Å². The van der Waals surface area contributed by atoms with Crippen LogP contribution >= 0.6 is 0 Å². The van der Waals surface area contributed by atoms with Gasteiger partial charge in [-0.1, -0.05) is 12.8 Å². The van der Waals surface area contributed by atoms with Gasteiger partial charge < -0.3 is 65.9 Å². The number of carbonyl (C=O) groups is 4. The number of guanidine groups is 1. The van der Waals surface area contributed by atoms with E-state index in [1.165, 1.54) is 0 Å². The summed E-state index contributed by atoms with van der Waals surface area (Å²) in [4.78, 5) is 46.7. The normalized spacial score (nSPS) is 13.2. The molecule has 0 unspecified atom stereocenters. The predicted molar refractivity (Wildman–Crippen MR) is 141 cm³/mol. The molecule has 0 radical (unpaired) electrons. The van der Waals surface area contributed by atoms with Gasteiger partial charge in [0.1, 0.15) is 24.2 Å². The summed E-state index contributed by atoms with van der Waals surface area (Å²) in [5, 5.41) is 24.2. The van der Waals surface area contributed by atoms with Gasteiger partial charge in [0.05, 0.1) is 6.61 Å². The second-order valence-corrected chi connectivity index (χ2v) is 8.04. The number of aliphatic hydroxyl groups is 1. The predicted octanol–water partition coefficient (Wildman–Crippen LogP) is -4.19. The number of aliphatic imine (C=N–C) groups is 1. The molecule has 0 aromatic carbocycles. The Morgan fingerprint density at radius 3 is 1.37 bits per heavy atom. The van der Waals surface area contributed by atoms with E-state index in [4.69, 9.17) is 61.2 Å². The third-order valence-electron chi connectivity index (χ3n) is 4.54. The van der Waals surface area contributed by atoms with Crippen molar-refractivity contribution in [1.82, 2.24) is 0 Å². The molecule has 0 spiro atoms. The van der Waals surface area contributed by atoms with Gasteiger partial charge in [0.25, 0.3) is 0 Å². The number of esters is 2. The Bertz CT molecular complexity index is 694. The van der Waals surface area contributed by atoms with E-state index in [0.29, 0.717) is 51.7 Å². The zero-order chi connectivity index (χ0) is 30.1. The van der Waals surface area contributed by atoms with E-state index in [9.17, 15) is 19.2 Å². The SMILES string of the molecule is NCCCC[C@H](N)C(=O)O.NCCCC[C@H](N)C(=O)OC(=O)[C@@H](N)CCCN=C(N)N.N[C@@H](CO)C(=O)O. The molecule has 0 aliphatic carbocycles. The molecule has 0 bridgehead atoms. The molecule has 0 rings (SSSR count). The van der Waals surface area contributed by atoms with Gasteiger partial charge in [-0.05, 0) is 51.6 Å². The first kappa shape index (κ1) is 39.6. The van der Waals surface area contributed by atoms with Gasteiger partial charge in [-0.2, -0.15) is 0 Å². The molecule has 38 heavy (non-hydrogen) atoms. The summed E-state index contributed by atoms with van der Waals surface area (Å²) in [5.41, 5.74) is 42.1. The van der Waals surface area contributed by atoms with Gasteiger partial charge in [0, 0.05) is 6.54 Å². The summed E-state index contributed by atoms with van der Waals surface area (Å²) in [7, 11) is 0. The maximum Gasteiger partial charge on any atom is 0.330 e. The lowest BCUT2D eigenvalue weighted by Crippen LogP contribution is -2.39. The van der Waals surface area contributed by atoms with Crippen LogP contribution in [0.15, 0.2) is 4.99 Å². The van der Waals surface area contributed by atoms with Crippen molar-refractivity contribution in [2.45, 2.75) is 75.5 Å². The van der Waals surface area contributed by atoms with E-state index < -0.39 is 54.7 Å². The van der Waals surface area contributed by atoms with Crippen LogP contribution in [0.25, 0.3) is 0 Å². The molecule has 0 aromatic heterocycles. The highest BCUT2D eigenvalue weighted by Gasteiger charge is 2.22. The molecule has 0 aromatic rings. The zero-order valence-corrected chi connectivity index (χ0v) is 21.7. The van der Waals surface area contributed by atoms with E-state index in [-0.39, 0.29) is 5.96 Å². The molecule has 0 amide bonds. The average Bonchev–Trinajstić information content (AvgIpc) is 2.86. The van der Waals surface area contributed by atoms with E-state index in [0.717, 1.165) is 19.3 Å². The average molecular weight is 554 g/mol. The number of aliphatic hydroxyl groups excluding tert-OH is 1. The van der Waals surface area contributed by atoms with Crippen LogP contribution in [0, 0.1) is 0 Å². The molecule has 0 heterocycles. The summed E-state index contributed by atoms with van der Waals surface area (Å²) >= 11 is 0. The minimum Gasteiger partial charge on any atom is -0.480 e. The number of aliphatic carboxylic acids is 2. The molecule has 19 N–H and O–H groups in total. The fourth-order valence-electron chi connectivity index (χ4n) is 2.22. The lowest BCUT2D eigenvalue weighted by atomic mass is 10.1. The summed E-state index contributed by atoms with van der Waals surface area (Å²) in [5.74, 6) is -3.69. The quantitative estimate of drug-likeness (QED) is 0.0267. The summed E-state index contributed by atoms with van der Waals surface area (Å²) in [6.07, 6.45) is 4.86. The van der Waals surface area contributed by atoms with Crippen LogP contribution in [0.1, 0.15) is 51.4 Å². The topological polar surface area (TPSA) is 359 Å². The number of carbonyl (C=O) groups excluding carboxylic acids is 2. The minimum atomic E-state index is -1.18. The van der Waals surface area contributed by atoms with Gasteiger partial charge in [0.15, 0.2) is 5.96 Å². The van der Waals surface area contributed by atoms with Gasteiger partial charge in [0.2, 0.25) is 0 Å². The smallest absolute Gasteiger partial charge is 0.330 e. The highest BCUT2D eigenvalue weighted by Crippen LogP contribution is 2.03. The van der Waals surface area contributed by atoms with E-state index in [1.807, 2.05) is 0 Å². The van der Waals surface area contributed by atoms with Crippen LogP contribution in [0.2, 0.25) is 0 Å². The van der Waals surface area contributed by atoms with Crippen molar-refractivity contribution < 1.29 is 39.2 Å². The van der Waals surface area contributed by atoms with Crippen LogP contribution < -0.4 is 45.9 Å². The standard InChI is InChI=1S/C12H26N6O3.C6H14N2O2.C3H7NO3/c13-6-2-1-4-8(14)10(19)21-11(20)9(15)5-3-7-18-12(16)17;7-4-2-1-3-5(8)6(9)10;4-2(1-5)3(6)7/h8-9H,1-7,13-15H2,(H4,16,17,18);5H,1-4,7-8H2,(H,9,10);2,5H,1,4H2,(H,6,7)/t8-,9-;5-;2-/m000/s1. The maximum absolute atomic E-state index is 11.6. The second kappa shape index (κ2) is 25.7. The molecule has 4 atom stereocenters. The fraction of sp³-hybridized carbons (Fsp3) is 0.762. The number of hydrogen-bond donors (Lipinski definition) is 11. The Morgan fingerprint density at radius 2 is 1.05 bits per heavy atom. The monoisotopic (exact) mass is 553 g/mol. The second-order valence-electron chi connectivity index (χ2n) is 8.04. The van der Waals surface area contributed by atoms with Crippen LogP contribution in [-0.4, -0.2) is 95.6 Å². The Balaban J connectivity index is -0.000000592. The lowest BCUT2D eigenvalue weighted by Gasteiger charge is -2.13. The molecular formula is C21H47N9O8. The number of nitrogens with two attached hydrogens (primary N) is 8. The fourth-order valence-corrected chi connectivity index (χ4v) is 2.22. The third kappa shape index (κ3) is 26.1. The largest absolute Gasteiger partial charge is 0.480 e. The van der Waals surface area contributed by atoms with E-state index >= 15 is 0 Å². The Morgan fingerprint density at radius 1 is 0.658 bits per heavy atom. The van der Waals surface area contributed by atoms with Crippen molar-refractivity contribution in [3.8, 4) is 0 Å². The van der Waals surface area contributed by atoms with E-state index in [1.54, 1.807) is 0 Å². The molecule has 17 heteroatoms. The van der Waals surface area contributed by atoms with Gasteiger partial charge in [-0.3, -0.25) is 14.6 Å². The summed E-state index contributed by atoms with van der Waals surface area (Å²) in [6, 6.07) is -3.58. The number of unbranched alkanes of at least 4 members (excludes halogenated alkanes) is 2. The Kier molecular flexibility index (Phi) is 26.8. The van der Waals surface area contributed by atoms with Gasteiger partial charge in [-0.25, -0.2) is 9.59 Å². The van der Waals surface area contributed by atoms with Crippen molar-refractivity contribution >= 4 is 29.8 Å². The number of nitrogens with zero attached hydrogens (tertiary/aromatic N) is 1. The van der Waals surface area contributed by atoms with Crippen molar-refractivity contribution in [3.05, 3.63) is 0 Å². The summed E-state index contributed by atoms with van der Waals surface area (Å²) in [6.45, 7) is 0.985. The van der Waals surface area contributed by atoms with Crippen LogP contribution in [0.3, 0.4) is 0 Å². The van der Waals surface area contributed by atoms with Crippen LogP contribution in [-0.2, 0) is 23.9 Å². The summed E-state index contributed by atoms with van der Waals surface area (Å²) < 4.78 is 4.64. The molecule has 0 fully saturated rings. The molecule has 0 aliphatic heterocycles.